The van der Waals surface area contributed by atoms with Crippen LogP contribution in [0.25, 0.3) is 10.9 Å². The standard InChI is InChI=1S/C15H16N2O2/c18-15(17-13-8-14-11(13)4-6-19-14)10-2-1-9-3-5-16-12(9)7-10/h1-3,5,7,11,13-14,16H,4,6,8H2,(H,17,18)/t11-,13+,14+/m1/s1. The summed E-state index contributed by atoms with van der Waals surface area (Å²) >= 11 is 0. The van der Waals surface area contributed by atoms with Gasteiger partial charge >= 0.3 is 0 Å². The average molecular weight is 256 g/mol. The van der Waals surface area contributed by atoms with E-state index in [0.717, 1.165) is 35.9 Å². The number of carbonyl (C=O) groups excluding carboxylic acids is 1. The molecule has 1 saturated heterocycles. The molecule has 1 saturated carbocycles. The third-order valence-electron chi connectivity index (χ3n) is 4.40. The molecule has 98 valence electrons. The van der Waals surface area contributed by atoms with Gasteiger partial charge in [-0.25, -0.2) is 0 Å². The third kappa shape index (κ3) is 1.75. The zero-order valence-corrected chi connectivity index (χ0v) is 10.6. The number of nitrogens with one attached hydrogen (secondary N) is 2. The maximum Gasteiger partial charge on any atom is 0.251 e. The van der Waals surface area contributed by atoms with E-state index in [2.05, 4.69) is 10.3 Å². The summed E-state index contributed by atoms with van der Waals surface area (Å²) in [4.78, 5) is 15.4. The van der Waals surface area contributed by atoms with Gasteiger partial charge in [0.15, 0.2) is 0 Å². The van der Waals surface area contributed by atoms with E-state index in [1.165, 1.54) is 0 Å². The molecule has 4 heteroatoms. The Bertz CT molecular complexity index is 634. The number of fused-ring (bicyclic) bond motifs is 2. The normalized spacial score (nSPS) is 28.9. The van der Waals surface area contributed by atoms with E-state index in [1.807, 2.05) is 30.5 Å². The molecule has 4 rings (SSSR count). The predicted octanol–water partition coefficient (Wildman–Crippen LogP) is 2.08. The van der Waals surface area contributed by atoms with Crippen molar-refractivity contribution in [3.8, 4) is 0 Å². The minimum absolute atomic E-state index is 0.0202. The lowest BCUT2D eigenvalue weighted by Gasteiger charge is -2.39. The average Bonchev–Trinajstić information content (AvgIpc) is 3.00. The second-order valence-electron chi connectivity index (χ2n) is 5.46. The van der Waals surface area contributed by atoms with Crippen molar-refractivity contribution in [3.63, 3.8) is 0 Å². The van der Waals surface area contributed by atoms with E-state index < -0.39 is 0 Å². The molecule has 0 bridgehead atoms. The van der Waals surface area contributed by atoms with Crippen molar-refractivity contribution in [2.45, 2.75) is 25.0 Å². The van der Waals surface area contributed by atoms with Crippen molar-refractivity contribution in [2.24, 2.45) is 5.92 Å². The molecule has 1 aromatic carbocycles. The van der Waals surface area contributed by atoms with Gasteiger partial charge in [-0.1, -0.05) is 6.07 Å². The minimum Gasteiger partial charge on any atom is -0.378 e. The first-order valence-electron chi connectivity index (χ1n) is 6.81. The quantitative estimate of drug-likeness (QED) is 0.864. The maximum absolute atomic E-state index is 12.2. The van der Waals surface area contributed by atoms with Crippen LogP contribution in [0.3, 0.4) is 0 Å². The van der Waals surface area contributed by atoms with Crippen molar-refractivity contribution >= 4 is 16.8 Å². The number of rotatable bonds is 2. The van der Waals surface area contributed by atoms with E-state index in [1.54, 1.807) is 0 Å². The van der Waals surface area contributed by atoms with Gasteiger partial charge in [0, 0.05) is 35.8 Å². The SMILES string of the molecule is O=C(N[C@H]1C[C@@H]2OCC[C@H]12)c1ccc2cc[nH]c2c1. The largest absolute Gasteiger partial charge is 0.378 e. The first kappa shape index (κ1) is 11.1. The Hall–Kier alpha value is -1.81. The van der Waals surface area contributed by atoms with Gasteiger partial charge in [-0.3, -0.25) is 4.79 Å². The van der Waals surface area contributed by atoms with E-state index in [-0.39, 0.29) is 5.91 Å². The second-order valence-corrected chi connectivity index (χ2v) is 5.46. The molecule has 2 N–H and O–H groups in total. The number of amides is 1. The van der Waals surface area contributed by atoms with Crippen LogP contribution in [-0.2, 0) is 4.74 Å². The molecule has 0 spiro atoms. The monoisotopic (exact) mass is 256 g/mol. The summed E-state index contributed by atoms with van der Waals surface area (Å²) < 4.78 is 5.56. The number of ether oxygens (including phenoxy) is 1. The van der Waals surface area contributed by atoms with Crippen LogP contribution in [0.5, 0.6) is 0 Å². The fourth-order valence-electron chi connectivity index (χ4n) is 3.20. The van der Waals surface area contributed by atoms with Crippen molar-refractivity contribution in [2.75, 3.05) is 6.61 Å². The summed E-state index contributed by atoms with van der Waals surface area (Å²) in [5, 5.41) is 4.26. The van der Waals surface area contributed by atoms with Gasteiger partial charge in [0.2, 0.25) is 0 Å². The van der Waals surface area contributed by atoms with Crippen LogP contribution >= 0.6 is 0 Å². The van der Waals surface area contributed by atoms with Crippen LogP contribution in [0.4, 0.5) is 0 Å². The van der Waals surface area contributed by atoms with E-state index in [9.17, 15) is 4.79 Å². The summed E-state index contributed by atoms with van der Waals surface area (Å²) in [6.07, 6.45) is 4.31. The highest BCUT2D eigenvalue weighted by Crippen LogP contribution is 2.38. The summed E-state index contributed by atoms with van der Waals surface area (Å²) in [5.41, 5.74) is 1.72. The molecule has 1 amide bonds. The zero-order chi connectivity index (χ0) is 12.8. The molecule has 0 unspecified atom stereocenters. The van der Waals surface area contributed by atoms with Gasteiger partial charge in [0.1, 0.15) is 0 Å². The Morgan fingerprint density at radius 1 is 1.37 bits per heavy atom. The van der Waals surface area contributed by atoms with Gasteiger partial charge in [0.05, 0.1) is 6.10 Å². The van der Waals surface area contributed by atoms with Gasteiger partial charge < -0.3 is 15.0 Å². The zero-order valence-electron chi connectivity index (χ0n) is 10.6. The van der Waals surface area contributed by atoms with Crippen LogP contribution in [0.1, 0.15) is 23.2 Å². The van der Waals surface area contributed by atoms with E-state index in [4.69, 9.17) is 4.74 Å². The topological polar surface area (TPSA) is 54.1 Å². The van der Waals surface area contributed by atoms with E-state index in [0.29, 0.717) is 18.1 Å². The van der Waals surface area contributed by atoms with Gasteiger partial charge in [0.25, 0.3) is 5.91 Å². The lowest BCUT2D eigenvalue weighted by Crippen LogP contribution is -2.53. The molecule has 1 aliphatic carbocycles. The molecule has 2 aliphatic rings. The first-order valence-corrected chi connectivity index (χ1v) is 6.81. The highest BCUT2D eigenvalue weighted by molar-refractivity contribution is 5.98. The lowest BCUT2D eigenvalue weighted by molar-refractivity contribution is 0.00810. The number of benzene rings is 1. The maximum atomic E-state index is 12.2. The minimum atomic E-state index is 0.0202. The number of hydrogen-bond donors (Lipinski definition) is 2. The number of aromatic amines is 1. The second kappa shape index (κ2) is 4.10. The van der Waals surface area contributed by atoms with E-state index >= 15 is 0 Å². The predicted molar refractivity (Wildman–Crippen MR) is 72.0 cm³/mol. The van der Waals surface area contributed by atoms with Crippen LogP contribution in [-0.4, -0.2) is 29.6 Å². The van der Waals surface area contributed by atoms with Gasteiger partial charge in [-0.15, -0.1) is 0 Å². The van der Waals surface area contributed by atoms with Crippen molar-refractivity contribution in [1.82, 2.24) is 10.3 Å². The first-order chi connectivity index (χ1) is 9.31. The fraction of sp³-hybridized carbons (Fsp3) is 0.400. The van der Waals surface area contributed by atoms with Crippen molar-refractivity contribution in [3.05, 3.63) is 36.0 Å². The summed E-state index contributed by atoms with van der Waals surface area (Å²) in [6.45, 7) is 0.843. The molecular weight excluding hydrogens is 240 g/mol. The molecule has 1 aromatic heterocycles. The highest BCUT2D eigenvalue weighted by atomic mass is 16.5. The Morgan fingerprint density at radius 2 is 2.32 bits per heavy atom. The lowest BCUT2D eigenvalue weighted by atomic mass is 9.76. The number of aromatic nitrogens is 1. The molecule has 0 radical (unpaired) electrons. The molecule has 2 heterocycles. The molecule has 2 fully saturated rings. The summed E-state index contributed by atoms with van der Waals surface area (Å²) in [6, 6.07) is 8.06. The van der Waals surface area contributed by atoms with Crippen LogP contribution in [0.15, 0.2) is 30.5 Å². The van der Waals surface area contributed by atoms with Crippen LogP contribution in [0, 0.1) is 5.92 Å². The summed E-state index contributed by atoms with van der Waals surface area (Å²) in [5.74, 6) is 0.546. The number of H-pyrrole nitrogens is 1. The number of carbonyl (C=O) groups is 1. The number of hydrogen-bond acceptors (Lipinski definition) is 2. The van der Waals surface area contributed by atoms with Gasteiger partial charge in [-0.05, 0) is 36.4 Å². The molecular formula is C15H16N2O2. The third-order valence-corrected chi connectivity index (χ3v) is 4.40. The van der Waals surface area contributed by atoms with Crippen LogP contribution in [0.2, 0.25) is 0 Å². The van der Waals surface area contributed by atoms with Crippen molar-refractivity contribution < 1.29 is 9.53 Å². The molecule has 4 nitrogen and oxygen atoms in total. The van der Waals surface area contributed by atoms with Gasteiger partial charge in [-0.2, -0.15) is 0 Å². The van der Waals surface area contributed by atoms with Crippen molar-refractivity contribution in [1.29, 1.82) is 0 Å². The fourth-order valence-corrected chi connectivity index (χ4v) is 3.20. The Labute approximate surface area is 111 Å². The smallest absolute Gasteiger partial charge is 0.251 e. The summed E-state index contributed by atoms with van der Waals surface area (Å²) in [7, 11) is 0. The molecule has 2 aromatic rings. The Balaban J connectivity index is 1.50. The molecule has 3 atom stereocenters. The molecule has 19 heavy (non-hydrogen) atoms. The highest BCUT2D eigenvalue weighted by Gasteiger charge is 2.45. The Kier molecular flexibility index (Phi) is 2.38. The van der Waals surface area contributed by atoms with Crippen LogP contribution < -0.4 is 5.32 Å². The molecule has 1 aliphatic heterocycles. The Morgan fingerprint density at radius 3 is 3.21 bits per heavy atom.